The van der Waals surface area contributed by atoms with Crippen LogP contribution in [-0.4, -0.2) is 74.9 Å². The fraction of sp³-hybridized carbons (Fsp3) is 0.227. The molecule has 0 saturated carbocycles. The lowest BCUT2D eigenvalue weighted by atomic mass is 10.2. The predicted octanol–water partition coefficient (Wildman–Crippen LogP) is 2.01. The van der Waals surface area contributed by atoms with E-state index in [1.54, 1.807) is 46.9 Å². The van der Waals surface area contributed by atoms with Crippen LogP contribution in [0.25, 0.3) is 17.0 Å². The number of amides is 2. The number of morpholine rings is 1. The molecule has 1 saturated heterocycles. The van der Waals surface area contributed by atoms with Gasteiger partial charge in [0.1, 0.15) is 11.5 Å². The number of aromatic amines is 1. The second-order valence-electron chi connectivity index (χ2n) is 7.56. The number of anilines is 1. The minimum Gasteiger partial charge on any atom is -0.378 e. The van der Waals surface area contributed by atoms with E-state index in [2.05, 4.69) is 20.3 Å². The summed E-state index contributed by atoms with van der Waals surface area (Å²) in [5, 5.41) is 10.9. The van der Waals surface area contributed by atoms with Crippen molar-refractivity contribution in [2.45, 2.75) is 0 Å². The Bertz CT molecular complexity index is 1340. The summed E-state index contributed by atoms with van der Waals surface area (Å²) in [4.78, 5) is 33.6. The highest BCUT2D eigenvalue weighted by Crippen LogP contribution is 2.22. The van der Waals surface area contributed by atoms with Gasteiger partial charge in [-0.15, -0.1) is 5.10 Å². The van der Waals surface area contributed by atoms with Crippen molar-refractivity contribution < 1.29 is 18.7 Å². The van der Waals surface area contributed by atoms with Gasteiger partial charge in [0.2, 0.25) is 0 Å². The normalized spacial score (nSPS) is 13.9. The highest BCUT2D eigenvalue weighted by Gasteiger charge is 2.27. The molecule has 1 fully saturated rings. The first-order valence-electron chi connectivity index (χ1n) is 10.3. The number of nitrogens with zero attached hydrogens (tertiary/aromatic N) is 6. The number of hydrogen-bond donors (Lipinski definition) is 1. The lowest BCUT2D eigenvalue weighted by Crippen LogP contribution is -2.41. The number of nitrogens with one attached hydrogen (secondary N) is 1. The van der Waals surface area contributed by atoms with E-state index in [1.807, 2.05) is 0 Å². The highest BCUT2D eigenvalue weighted by atomic mass is 19.1. The monoisotopic (exact) mass is 449 g/mol. The summed E-state index contributed by atoms with van der Waals surface area (Å²) in [7, 11) is 1.60. The average Bonchev–Trinajstić information content (AvgIpc) is 3.50. The Morgan fingerprint density at radius 3 is 2.79 bits per heavy atom. The molecule has 1 aromatic carbocycles. The second kappa shape index (κ2) is 8.43. The summed E-state index contributed by atoms with van der Waals surface area (Å²) < 4.78 is 20.4. The number of benzene rings is 1. The van der Waals surface area contributed by atoms with Gasteiger partial charge in [0.05, 0.1) is 25.0 Å². The van der Waals surface area contributed by atoms with Gasteiger partial charge in [-0.05, 0) is 18.2 Å². The zero-order chi connectivity index (χ0) is 22.9. The van der Waals surface area contributed by atoms with Gasteiger partial charge in [0.25, 0.3) is 11.8 Å². The van der Waals surface area contributed by atoms with E-state index in [1.165, 1.54) is 23.2 Å². The van der Waals surface area contributed by atoms with Crippen LogP contribution in [0.15, 0.2) is 48.8 Å². The topological polar surface area (TPSA) is 109 Å². The first-order chi connectivity index (χ1) is 16.0. The summed E-state index contributed by atoms with van der Waals surface area (Å²) >= 11 is 0. The van der Waals surface area contributed by atoms with Gasteiger partial charge in [-0.1, -0.05) is 12.1 Å². The Hall–Kier alpha value is -4.12. The van der Waals surface area contributed by atoms with Crippen molar-refractivity contribution >= 4 is 23.1 Å². The summed E-state index contributed by atoms with van der Waals surface area (Å²) in [5.74, 6) is -0.693. The van der Waals surface area contributed by atoms with E-state index < -0.39 is 5.91 Å². The number of aromatic nitrogens is 5. The van der Waals surface area contributed by atoms with Crippen LogP contribution in [0.4, 0.5) is 10.1 Å². The molecular weight excluding hydrogens is 429 g/mol. The molecule has 4 aromatic rings. The van der Waals surface area contributed by atoms with Crippen molar-refractivity contribution in [3.63, 3.8) is 0 Å². The zero-order valence-electron chi connectivity index (χ0n) is 17.7. The van der Waals surface area contributed by atoms with E-state index in [0.29, 0.717) is 49.0 Å². The van der Waals surface area contributed by atoms with Crippen molar-refractivity contribution in [2.24, 2.45) is 0 Å². The van der Waals surface area contributed by atoms with Crippen molar-refractivity contribution in [1.82, 2.24) is 29.7 Å². The van der Waals surface area contributed by atoms with Gasteiger partial charge in [-0.2, -0.15) is 5.10 Å². The SMILES string of the molecule is CN(C(=O)c1[nH]ncc1C(=O)N1CCOCC1)c1ccn2nc(-c3cccc(F)c3)nc2c1. The molecule has 5 rings (SSSR count). The van der Waals surface area contributed by atoms with Gasteiger partial charge in [-0.3, -0.25) is 14.7 Å². The third-order valence-electron chi connectivity index (χ3n) is 5.48. The number of H-pyrrole nitrogens is 1. The molecule has 0 aliphatic carbocycles. The molecule has 11 heteroatoms. The Morgan fingerprint density at radius 2 is 2.00 bits per heavy atom. The molecule has 2 amide bonds. The smallest absolute Gasteiger partial charge is 0.276 e. The van der Waals surface area contributed by atoms with Crippen molar-refractivity contribution in [1.29, 1.82) is 0 Å². The first-order valence-corrected chi connectivity index (χ1v) is 10.3. The Balaban J connectivity index is 1.41. The summed E-state index contributed by atoms with van der Waals surface area (Å²) in [6.07, 6.45) is 3.03. The first kappa shape index (κ1) is 20.8. The molecule has 1 aliphatic heterocycles. The maximum Gasteiger partial charge on any atom is 0.276 e. The Labute approximate surface area is 187 Å². The molecule has 0 bridgehead atoms. The van der Waals surface area contributed by atoms with Crippen molar-refractivity contribution in [3.8, 4) is 11.4 Å². The molecule has 1 aliphatic rings. The third kappa shape index (κ3) is 3.94. The third-order valence-corrected chi connectivity index (χ3v) is 5.48. The Morgan fingerprint density at radius 1 is 1.18 bits per heavy atom. The highest BCUT2D eigenvalue weighted by molar-refractivity contribution is 6.11. The van der Waals surface area contributed by atoms with Crippen LogP contribution in [0.1, 0.15) is 20.8 Å². The molecular formula is C22H20FN7O3. The number of pyridine rings is 1. The number of carbonyl (C=O) groups is 2. The van der Waals surface area contributed by atoms with Gasteiger partial charge in [0, 0.05) is 43.7 Å². The molecule has 0 unspecified atom stereocenters. The fourth-order valence-electron chi connectivity index (χ4n) is 3.66. The lowest BCUT2D eigenvalue weighted by Gasteiger charge is -2.26. The van der Waals surface area contributed by atoms with Gasteiger partial charge in [0.15, 0.2) is 11.5 Å². The molecule has 1 N–H and O–H groups in total. The molecule has 10 nitrogen and oxygen atoms in total. The maximum absolute atomic E-state index is 13.6. The molecule has 0 atom stereocenters. The lowest BCUT2D eigenvalue weighted by molar-refractivity contribution is 0.0302. The standard InChI is InChI=1S/C22H20FN7O3/c1-28(22(32)19-17(13-24-26-19)21(31)29-7-9-33-10-8-29)16-5-6-30-18(12-16)25-20(27-30)14-3-2-4-15(23)11-14/h2-6,11-13H,7-10H2,1H3,(H,24,26). The number of carbonyl (C=O) groups excluding carboxylic acids is 2. The summed E-state index contributed by atoms with van der Waals surface area (Å²) in [5.41, 5.74) is 1.90. The van der Waals surface area contributed by atoms with E-state index in [9.17, 15) is 14.0 Å². The van der Waals surface area contributed by atoms with E-state index in [0.717, 1.165) is 0 Å². The predicted molar refractivity (Wildman–Crippen MR) is 116 cm³/mol. The van der Waals surface area contributed by atoms with Crippen LogP contribution in [-0.2, 0) is 4.74 Å². The molecule has 0 radical (unpaired) electrons. The molecule has 33 heavy (non-hydrogen) atoms. The van der Waals surface area contributed by atoms with Crippen LogP contribution >= 0.6 is 0 Å². The van der Waals surface area contributed by atoms with Crippen LogP contribution < -0.4 is 4.90 Å². The number of rotatable bonds is 4. The zero-order valence-corrected chi connectivity index (χ0v) is 17.7. The summed E-state index contributed by atoms with van der Waals surface area (Å²) in [6.45, 7) is 1.85. The number of fused-ring (bicyclic) bond motifs is 1. The minimum absolute atomic E-state index is 0.107. The molecule has 168 valence electrons. The van der Waals surface area contributed by atoms with Crippen LogP contribution in [0.3, 0.4) is 0 Å². The van der Waals surface area contributed by atoms with Crippen LogP contribution in [0.2, 0.25) is 0 Å². The average molecular weight is 449 g/mol. The number of halogens is 1. The van der Waals surface area contributed by atoms with Crippen LogP contribution in [0, 0.1) is 5.82 Å². The molecule has 4 heterocycles. The van der Waals surface area contributed by atoms with E-state index in [-0.39, 0.29) is 23.0 Å². The van der Waals surface area contributed by atoms with Crippen LogP contribution in [0.5, 0.6) is 0 Å². The second-order valence-corrected chi connectivity index (χ2v) is 7.56. The van der Waals surface area contributed by atoms with Gasteiger partial charge in [-0.25, -0.2) is 13.9 Å². The molecule has 3 aromatic heterocycles. The minimum atomic E-state index is -0.418. The van der Waals surface area contributed by atoms with E-state index >= 15 is 0 Å². The van der Waals surface area contributed by atoms with E-state index in [4.69, 9.17) is 4.74 Å². The Kier molecular flexibility index (Phi) is 5.31. The quantitative estimate of drug-likeness (QED) is 0.511. The fourth-order valence-corrected chi connectivity index (χ4v) is 3.66. The van der Waals surface area contributed by atoms with Crippen molar-refractivity contribution in [2.75, 3.05) is 38.3 Å². The maximum atomic E-state index is 13.6. The number of hydrogen-bond acceptors (Lipinski definition) is 6. The molecule has 0 spiro atoms. The number of ether oxygens (including phenoxy) is 1. The van der Waals surface area contributed by atoms with Gasteiger partial charge < -0.3 is 14.5 Å². The van der Waals surface area contributed by atoms with Gasteiger partial charge >= 0.3 is 0 Å². The summed E-state index contributed by atoms with van der Waals surface area (Å²) in [6, 6.07) is 9.42. The largest absolute Gasteiger partial charge is 0.378 e. The van der Waals surface area contributed by atoms with Crippen molar-refractivity contribution in [3.05, 3.63) is 65.9 Å².